The van der Waals surface area contributed by atoms with Gasteiger partial charge in [0.25, 0.3) is 0 Å². The molecule has 3 heteroatoms. The summed E-state index contributed by atoms with van der Waals surface area (Å²) in [5.74, 6) is -0.590. The predicted octanol–water partition coefficient (Wildman–Crippen LogP) is 2.67. The van der Waals surface area contributed by atoms with E-state index in [0.717, 1.165) is 12.8 Å². The van der Waals surface area contributed by atoms with Crippen LogP contribution in [0, 0.1) is 17.8 Å². The van der Waals surface area contributed by atoms with Gasteiger partial charge in [-0.15, -0.1) is 0 Å². The quantitative estimate of drug-likeness (QED) is 0.777. The summed E-state index contributed by atoms with van der Waals surface area (Å²) < 4.78 is 0. The van der Waals surface area contributed by atoms with Crippen molar-refractivity contribution in [3.05, 3.63) is 0 Å². The van der Waals surface area contributed by atoms with Crippen LogP contribution < -0.4 is 0 Å². The van der Waals surface area contributed by atoms with Gasteiger partial charge in [-0.2, -0.15) is 0 Å². The molecule has 0 heterocycles. The Kier molecular flexibility index (Phi) is 4.36. The molecule has 1 aliphatic carbocycles. The Morgan fingerprint density at radius 1 is 1.38 bits per heavy atom. The van der Waals surface area contributed by atoms with Crippen LogP contribution in [0.2, 0.25) is 0 Å². The van der Waals surface area contributed by atoms with E-state index in [2.05, 4.69) is 13.8 Å². The number of carbonyl (C=O) groups is 1. The van der Waals surface area contributed by atoms with Crippen molar-refractivity contribution in [3.8, 4) is 0 Å². The molecule has 0 bridgehead atoms. The van der Waals surface area contributed by atoms with Crippen molar-refractivity contribution < 1.29 is 15.0 Å². The smallest absolute Gasteiger partial charge is 0.309 e. The van der Waals surface area contributed by atoms with E-state index in [9.17, 15) is 15.0 Å². The third-order valence-electron chi connectivity index (χ3n) is 3.73. The lowest BCUT2D eigenvalue weighted by atomic mass is 9.67. The molecule has 1 aliphatic rings. The highest BCUT2D eigenvalue weighted by atomic mass is 16.4. The minimum Gasteiger partial charge on any atom is -0.481 e. The van der Waals surface area contributed by atoms with E-state index in [-0.39, 0.29) is 0 Å². The SMILES string of the molecule is CCCC(C(=O)O)C1(O)CC(C)CC(C)C1. The van der Waals surface area contributed by atoms with Gasteiger partial charge in [-0.05, 0) is 37.5 Å². The summed E-state index contributed by atoms with van der Waals surface area (Å²) in [4.78, 5) is 11.2. The zero-order valence-electron chi connectivity index (χ0n) is 10.6. The Hall–Kier alpha value is -0.570. The fraction of sp³-hybridized carbons (Fsp3) is 0.923. The van der Waals surface area contributed by atoms with Gasteiger partial charge in [0.2, 0.25) is 0 Å². The maximum atomic E-state index is 11.2. The van der Waals surface area contributed by atoms with Crippen LogP contribution in [0.15, 0.2) is 0 Å². The number of hydrogen-bond donors (Lipinski definition) is 2. The molecule has 0 aromatic carbocycles. The summed E-state index contributed by atoms with van der Waals surface area (Å²) in [7, 11) is 0. The van der Waals surface area contributed by atoms with Gasteiger partial charge >= 0.3 is 5.97 Å². The number of carboxylic acid groups (broad SMARTS) is 1. The molecule has 2 N–H and O–H groups in total. The highest BCUT2D eigenvalue weighted by molar-refractivity contribution is 5.71. The predicted molar refractivity (Wildman–Crippen MR) is 63.2 cm³/mol. The Bertz CT molecular complexity index is 240. The highest BCUT2D eigenvalue weighted by Gasteiger charge is 2.45. The molecule has 0 spiro atoms. The van der Waals surface area contributed by atoms with Gasteiger partial charge in [-0.3, -0.25) is 4.79 Å². The average molecular weight is 228 g/mol. The monoisotopic (exact) mass is 228 g/mol. The van der Waals surface area contributed by atoms with E-state index >= 15 is 0 Å². The molecule has 3 atom stereocenters. The van der Waals surface area contributed by atoms with Crippen molar-refractivity contribution in [2.24, 2.45) is 17.8 Å². The number of aliphatic hydroxyl groups is 1. The fourth-order valence-corrected chi connectivity index (χ4v) is 3.34. The third-order valence-corrected chi connectivity index (χ3v) is 3.73. The van der Waals surface area contributed by atoms with Crippen molar-refractivity contribution >= 4 is 5.97 Å². The first-order valence-corrected chi connectivity index (χ1v) is 6.34. The van der Waals surface area contributed by atoms with Crippen molar-refractivity contribution in [1.82, 2.24) is 0 Å². The van der Waals surface area contributed by atoms with E-state index < -0.39 is 17.5 Å². The highest BCUT2D eigenvalue weighted by Crippen LogP contribution is 2.41. The minimum atomic E-state index is -0.987. The maximum Gasteiger partial charge on any atom is 0.309 e. The minimum absolute atomic E-state index is 0.424. The molecule has 1 rings (SSSR count). The summed E-state index contributed by atoms with van der Waals surface area (Å²) in [6.45, 7) is 6.17. The van der Waals surface area contributed by atoms with Gasteiger partial charge in [-0.1, -0.05) is 27.2 Å². The topological polar surface area (TPSA) is 57.5 Å². The van der Waals surface area contributed by atoms with Crippen LogP contribution in [0.4, 0.5) is 0 Å². The summed E-state index contributed by atoms with van der Waals surface area (Å²) in [6.07, 6.45) is 3.75. The van der Waals surface area contributed by atoms with Crippen LogP contribution in [0.25, 0.3) is 0 Å². The van der Waals surface area contributed by atoms with Crippen LogP contribution in [0.5, 0.6) is 0 Å². The fourth-order valence-electron chi connectivity index (χ4n) is 3.34. The van der Waals surface area contributed by atoms with E-state index in [0.29, 0.717) is 31.1 Å². The van der Waals surface area contributed by atoms with Crippen molar-refractivity contribution in [1.29, 1.82) is 0 Å². The van der Waals surface area contributed by atoms with E-state index in [1.54, 1.807) is 0 Å². The Labute approximate surface area is 97.9 Å². The molecule has 3 unspecified atom stereocenters. The van der Waals surface area contributed by atoms with Crippen molar-refractivity contribution in [2.45, 2.75) is 58.5 Å². The lowest BCUT2D eigenvalue weighted by Gasteiger charge is -2.42. The first-order chi connectivity index (χ1) is 7.39. The van der Waals surface area contributed by atoms with Crippen molar-refractivity contribution in [3.63, 3.8) is 0 Å². The van der Waals surface area contributed by atoms with Crippen LogP contribution in [-0.2, 0) is 4.79 Å². The molecule has 0 aromatic heterocycles. The van der Waals surface area contributed by atoms with Gasteiger partial charge in [0.1, 0.15) is 0 Å². The van der Waals surface area contributed by atoms with E-state index in [1.807, 2.05) is 6.92 Å². The van der Waals surface area contributed by atoms with Gasteiger partial charge in [-0.25, -0.2) is 0 Å². The molecule has 1 fully saturated rings. The number of hydrogen-bond acceptors (Lipinski definition) is 2. The summed E-state index contributed by atoms with van der Waals surface area (Å²) >= 11 is 0. The second kappa shape index (κ2) is 5.17. The molecule has 1 saturated carbocycles. The zero-order chi connectivity index (χ0) is 12.3. The first-order valence-electron chi connectivity index (χ1n) is 6.34. The number of carboxylic acids is 1. The van der Waals surface area contributed by atoms with Gasteiger partial charge in [0, 0.05) is 0 Å². The Morgan fingerprint density at radius 2 is 1.88 bits per heavy atom. The number of aliphatic carboxylic acids is 1. The van der Waals surface area contributed by atoms with E-state index in [1.165, 1.54) is 0 Å². The maximum absolute atomic E-state index is 11.2. The van der Waals surface area contributed by atoms with Gasteiger partial charge < -0.3 is 10.2 Å². The molecule has 0 radical (unpaired) electrons. The lowest BCUT2D eigenvalue weighted by molar-refractivity contribution is -0.158. The second-order valence-electron chi connectivity index (χ2n) is 5.64. The molecular formula is C13H24O3. The zero-order valence-corrected chi connectivity index (χ0v) is 10.6. The van der Waals surface area contributed by atoms with E-state index in [4.69, 9.17) is 0 Å². The summed E-state index contributed by atoms with van der Waals surface area (Å²) in [5, 5.41) is 19.8. The third kappa shape index (κ3) is 2.97. The van der Waals surface area contributed by atoms with Gasteiger partial charge in [0.05, 0.1) is 11.5 Å². The summed E-state index contributed by atoms with van der Waals surface area (Å²) in [5.41, 5.74) is -0.987. The Morgan fingerprint density at radius 3 is 2.25 bits per heavy atom. The Balaban J connectivity index is 2.83. The molecular weight excluding hydrogens is 204 g/mol. The number of rotatable bonds is 4. The normalized spacial score (nSPS) is 37.0. The molecule has 16 heavy (non-hydrogen) atoms. The van der Waals surface area contributed by atoms with Crippen LogP contribution in [0.1, 0.15) is 52.9 Å². The van der Waals surface area contributed by atoms with Crippen LogP contribution >= 0.6 is 0 Å². The van der Waals surface area contributed by atoms with Crippen molar-refractivity contribution in [2.75, 3.05) is 0 Å². The molecule has 0 aliphatic heterocycles. The van der Waals surface area contributed by atoms with Crippen LogP contribution in [0.3, 0.4) is 0 Å². The molecule has 0 amide bonds. The second-order valence-corrected chi connectivity index (χ2v) is 5.64. The molecule has 0 aromatic rings. The molecule has 3 nitrogen and oxygen atoms in total. The van der Waals surface area contributed by atoms with Crippen LogP contribution in [-0.4, -0.2) is 21.8 Å². The first kappa shape index (κ1) is 13.5. The standard InChI is InChI=1S/C13H24O3/c1-4-5-11(12(14)15)13(16)7-9(2)6-10(3)8-13/h9-11,16H,4-8H2,1-3H3,(H,14,15). The molecule has 94 valence electrons. The largest absolute Gasteiger partial charge is 0.481 e. The average Bonchev–Trinajstić information content (AvgIpc) is 2.10. The summed E-state index contributed by atoms with van der Waals surface area (Å²) in [6, 6.07) is 0. The molecule has 0 saturated heterocycles. The lowest BCUT2D eigenvalue weighted by Crippen LogP contribution is -2.47. The van der Waals surface area contributed by atoms with Gasteiger partial charge in [0.15, 0.2) is 0 Å².